The topological polar surface area (TPSA) is 126 Å². The lowest BCUT2D eigenvalue weighted by atomic mass is 9.72. The number of aliphatic hydroxyl groups excluding tert-OH is 2. The molecule has 2 aliphatic rings. The van der Waals surface area contributed by atoms with E-state index < -0.39 is 83.2 Å². The fourth-order valence-corrected chi connectivity index (χ4v) is 19.7. The number of aliphatic hydroxyl groups is 2. The number of hydrogen-bond acceptors (Lipinski definition) is 10. The standard InChI is InChI=1S/C114H106N4O6/c119-105-103(82-115-111(89-49-13-1-14-50-89,90-51-15-2-16-52-90)91-53-17-3-18-54-91)123-110(104(109(105)122-78-42-44-84-74-76-86-46-38-40-48-88(86)80-84)118-114(98-67-31-10-32-68-98,99-69-33-11-34-70-99)100-71-35-12-36-72-100)124-108-102(117-113(95-61-25-7-26-62-95,96-63-27-8-28-64-96)97-65-29-9-30-66-97)81-101(107(106(108)120)121-77-41-43-83-73-75-85-45-37-39-47-87(85)79-83)116-112(92-55-19-4-20-56-92,93-57-21-5-22-58-93)94-59-23-6-24-60-94/h1-40,45-76,79-80,101-110,115-120H,41-44,77-78,81-82H2/t101-,102+,103-,104-,105-,106-,107+,108-,109-,110-/m1/s1. The normalized spacial score (nSPS) is 19.4. The van der Waals surface area contributed by atoms with Crippen LogP contribution in [0.15, 0.2) is 449 Å². The number of benzene rings is 16. The van der Waals surface area contributed by atoms with Crippen molar-refractivity contribution >= 4 is 21.5 Å². The van der Waals surface area contributed by atoms with Gasteiger partial charge in [0.1, 0.15) is 36.6 Å². The molecule has 0 amide bonds. The number of aryl methyl sites for hydroxylation is 2. The third kappa shape index (κ3) is 17.2. The molecule has 0 spiro atoms. The minimum Gasteiger partial charge on any atom is -0.388 e. The van der Waals surface area contributed by atoms with E-state index >= 15 is 5.11 Å². The second-order valence-corrected chi connectivity index (χ2v) is 33.0. The van der Waals surface area contributed by atoms with E-state index in [0.717, 1.165) is 73.2 Å². The maximum atomic E-state index is 15.2. The molecule has 6 N–H and O–H groups in total. The van der Waals surface area contributed by atoms with Crippen molar-refractivity contribution < 1.29 is 29.2 Å². The summed E-state index contributed by atoms with van der Waals surface area (Å²) in [5.74, 6) is 0. The molecule has 124 heavy (non-hydrogen) atoms. The van der Waals surface area contributed by atoms with E-state index in [1.165, 1.54) is 32.7 Å². The summed E-state index contributed by atoms with van der Waals surface area (Å²) in [6, 6.07) is 155. The summed E-state index contributed by atoms with van der Waals surface area (Å²) in [4.78, 5) is 0. The Morgan fingerprint density at radius 3 is 0.855 bits per heavy atom. The number of ether oxygens (including phenoxy) is 4. The first-order chi connectivity index (χ1) is 61.3. The number of hydrogen-bond donors (Lipinski definition) is 6. The molecule has 0 unspecified atom stereocenters. The van der Waals surface area contributed by atoms with Gasteiger partial charge in [-0.2, -0.15) is 0 Å². The summed E-state index contributed by atoms with van der Waals surface area (Å²) >= 11 is 0. The van der Waals surface area contributed by atoms with Crippen molar-refractivity contribution in [2.45, 2.75) is 115 Å². The third-order valence-corrected chi connectivity index (χ3v) is 25.6. The molecule has 10 nitrogen and oxygen atoms in total. The van der Waals surface area contributed by atoms with Gasteiger partial charge in [-0.25, -0.2) is 0 Å². The fraction of sp³-hybridized carbons (Fsp3) is 0.193. The predicted octanol–water partition coefficient (Wildman–Crippen LogP) is 21.0. The van der Waals surface area contributed by atoms with Gasteiger partial charge in [0, 0.05) is 31.8 Å². The van der Waals surface area contributed by atoms with Gasteiger partial charge in [-0.3, -0.25) is 21.3 Å². The van der Waals surface area contributed by atoms with E-state index in [4.69, 9.17) is 18.9 Å². The summed E-state index contributed by atoms with van der Waals surface area (Å²) in [6.45, 7) is 0.608. The molecule has 10 atom stereocenters. The van der Waals surface area contributed by atoms with Crippen molar-refractivity contribution in [1.29, 1.82) is 0 Å². The van der Waals surface area contributed by atoms with Gasteiger partial charge in [-0.1, -0.05) is 449 Å². The maximum Gasteiger partial charge on any atom is 0.176 e. The largest absolute Gasteiger partial charge is 0.388 e. The summed E-state index contributed by atoms with van der Waals surface area (Å²) in [6.07, 6.45) is -5.46. The molecule has 1 heterocycles. The van der Waals surface area contributed by atoms with Gasteiger partial charge in [0.05, 0.1) is 28.2 Å². The molecule has 1 aliphatic carbocycles. The van der Waals surface area contributed by atoms with Crippen LogP contribution in [-0.4, -0.2) is 91.0 Å². The molecule has 0 bridgehead atoms. The quantitative estimate of drug-likeness (QED) is 0.0175. The van der Waals surface area contributed by atoms with Gasteiger partial charge in [0.15, 0.2) is 6.29 Å². The minimum absolute atomic E-state index is 0.0775. The number of fused-ring (bicyclic) bond motifs is 2. The highest BCUT2D eigenvalue weighted by Crippen LogP contribution is 2.47. The first-order valence-electron chi connectivity index (χ1n) is 43.9. The van der Waals surface area contributed by atoms with E-state index in [1.807, 2.05) is 18.2 Å². The van der Waals surface area contributed by atoms with Gasteiger partial charge < -0.3 is 29.2 Å². The SMILES string of the molecule is O[C@@H]1[C@@H](OCCCc2ccc3ccccc3c2)[C@H](NC(c2ccccc2)(c2ccccc2)c2ccccc2)C[C@H](NC(c2ccccc2)(c2ccccc2)c2ccccc2)[C@H]1O[C@H]1O[C@H](CNC(c2ccccc2)(c2ccccc2)c2ccccc2)[C@@H](O)[C@H](OCCCc2ccc3ccccc3c2)[C@H]1NC(c1ccccc1)(c1ccccc1)c1ccccc1. The smallest absolute Gasteiger partial charge is 0.176 e. The summed E-state index contributed by atoms with van der Waals surface area (Å²) < 4.78 is 32.1. The highest BCUT2D eigenvalue weighted by Gasteiger charge is 2.57. The van der Waals surface area contributed by atoms with Crippen LogP contribution in [-0.2, 0) is 53.9 Å². The average molecular weight is 1630 g/mol. The van der Waals surface area contributed by atoms with E-state index in [1.54, 1.807) is 0 Å². The molecule has 1 saturated carbocycles. The van der Waals surface area contributed by atoms with E-state index in [0.29, 0.717) is 25.7 Å². The third-order valence-electron chi connectivity index (χ3n) is 25.6. The van der Waals surface area contributed by atoms with Crippen LogP contribution in [0.3, 0.4) is 0 Å². The molecular formula is C114H106N4O6. The summed E-state index contributed by atoms with van der Waals surface area (Å²) in [7, 11) is 0. The van der Waals surface area contributed by atoms with Crippen molar-refractivity contribution in [3.8, 4) is 0 Å². The van der Waals surface area contributed by atoms with Gasteiger partial charge >= 0.3 is 0 Å². The average Bonchev–Trinajstić information content (AvgIpc) is 0.732. The monoisotopic (exact) mass is 1630 g/mol. The Labute approximate surface area is 729 Å². The Balaban J connectivity index is 0.849. The van der Waals surface area contributed by atoms with Crippen molar-refractivity contribution in [3.05, 3.63) is 527 Å². The van der Waals surface area contributed by atoms with Crippen LogP contribution in [0.2, 0.25) is 0 Å². The lowest BCUT2D eigenvalue weighted by Gasteiger charge is -2.54. The van der Waals surface area contributed by atoms with Crippen LogP contribution in [0.4, 0.5) is 0 Å². The molecular weight excluding hydrogens is 1520 g/mol. The Kier molecular flexibility index (Phi) is 25.7. The lowest BCUT2D eigenvalue weighted by Crippen LogP contribution is -2.72. The molecule has 16 aromatic rings. The maximum absolute atomic E-state index is 15.2. The molecule has 618 valence electrons. The van der Waals surface area contributed by atoms with E-state index in [9.17, 15) is 5.11 Å². The second-order valence-electron chi connectivity index (χ2n) is 33.0. The van der Waals surface area contributed by atoms with Crippen LogP contribution >= 0.6 is 0 Å². The van der Waals surface area contributed by atoms with Crippen molar-refractivity contribution in [1.82, 2.24) is 21.3 Å². The Hall–Kier alpha value is -12.4. The Bertz CT molecular complexity index is 5610. The summed E-state index contributed by atoms with van der Waals surface area (Å²) in [5, 5.41) is 52.0. The molecule has 1 saturated heterocycles. The zero-order valence-electron chi connectivity index (χ0n) is 69.7. The first kappa shape index (κ1) is 82.6. The molecule has 1 aliphatic heterocycles. The molecule has 0 aromatic heterocycles. The van der Waals surface area contributed by atoms with Crippen molar-refractivity contribution in [2.24, 2.45) is 0 Å². The van der Waals surface area contributed by atoms with Gasteiger partial charge in [0.2, 0.25) is 0 Å². The highest BCUT2D eigenvalue weighted by atomic mass is 16.7. The second kappa shape index (κ2) is 38.6. The van der Waals surface area contributed by atoms with Crippen LogP contribution in [0.25, 0.3) is 21.5 Å². The van der Waals surface area contributed by atoms with Crippen molar-refractivity contribution in [2.75, 3.05) is 19.8 Å². The Morgan fingerprint density at radius 2 is 0.540 bits per heavy atom. The van der Waals surface area contributed by atoms with Crippen LogP contribution in [0.1, 0.15) is 97.2 Å². The molecule has 10 heteroatoms. The molecule has 16 aromatic carbocycles. The zero-order valence-corrected chi connectivity index (χ0v) is 69.7. The minimum atomic E-state index is -1.44. The zero-order chi connectivity index (χ0) is 83.8. The number of nitrogens with one attached hydrogen (secondary N) is 4. The van der Waals surface area contributed by atoms with E-state index in [-0.39, 0.29) is 19.8 Å². The molecule has 2 fully saturated rings. The van der Waals surface area contributed by atoms with Crippen molar-refractivity contribution in [3.63, 3.8) is 0 Å². The lowest BCUT2D eigenvalue weighted by molar-refractivity contribution is -0.303. The van der Waals surface area contributed by atoms with Gasteiger partial charge in [0.25, 0.3) is 0 Å². The van der Waals surface area contributed by atoms with Crippen LogP contribution in [0, 0.1) is 0 Å². The molecule has 18 rings (SSSR count). The summed E-state index contributed by atoms with van der Waals surface area (Å²) in [5.41, 5.74) is 9.69. The molecule has 0 radical (unpaired) electrons. The van der Waals surface area contributed by atoms with Crippen LogP contribution < -0.4 is 21.3 Å². The Morgan fingerprint density at radius 1 is 0.274 bits per heavy atom. The predicted molar refractivity (Wildman–Crippen MR) is 500 cm³/mol. The van der Waals surface area contributed by atoms with E-state index in [2.05, 4.69) is 452 Å². The highest BCUT2D eigenvalue weighted by molar-refractivity contribution is 5.84. The van der Waals surface area contributed by atoms with Crippen LogP contribution in [0.5, 0.6) is 0 Å². The van der Waals surface area contributed by atoms with Gasteiger partial charge in [-0.05, 0) is 132 Å². The number of rotatable bonds is 33. The van der Waals surface area contributed by atoms with Gasteiger partial charge in [-0.15, -0.1) is 0 Å². The fourth-order valence-electron chi connectivity index (χ4n) is 19.7. The first-order valence-corrected chi connectivity index (χ1v) is 43.9.